The molecular formula is C54H48N4. The van der Waals surface area contributed by atoms with Crippen LogP contribution < -0.4 is 4.90 Å². The van der Waals surface area contributed by atoms with Crippen LogP contribution in [0.25, 0.3) is 55.6 Å². The van der Waals surface area contributed by atoms with E-state index >= 15 is 0 Å². The van der Waals surface area contributed by atoms with Crippen LogP contribution in [0.2, 0.25) is 0 Å². The third-order valence-electron chi connectivity index (χ3n) is 12.9. The van der Waals surface area contributed by atoms with Gasteiger partial charge in [-0.15, -0.1) is 0 Å². The number of rotatable bonds is 3. The molecular weight excluding hydrogens is 705 g/mol. The van der Waals surface area contributed by atoms with Gasteiger partial charge < -0.3 is 9.47 Å². The van der Waals surface area contributed by atoms with Gasteiger partial charge in [-0.25, -0.2) is 4.98 Å². The van der Waals surface area contributed by atoms with E-state index in [0.717, 1.165) is 22.7 Å². The van der Waals surface area contributed by atoms with E-state index in [1.54, 1.807) is 0 Å². The number of para-hydroxylation sites is 2. The molecule has 0 radical (unpaired) electrons. The van der Waals surface area contributed by atoms with Crippen LogP contribution >= 0.6 is 0 Å². The number of benzene rings is 7. The van der Waals surface area contributed by atoms with Crippen molar-refractivity contribution in [1.82, 2.24) is 14.1 Å². The lowest BCUT2D eigenvalue weighted by Gasteiger charge is -2.42. The Morgan fingerprint density at radius 3 is 1.76 bits per heavy atom. The summed E-state index contributed by atoms with van der Waals surface area (Å²) < 4.78 is 4.93. The van der Waals surface area contributed by atoms with Crippen molar-refractivity contribution in [3.05, 3.63) is 178 Å². The summed E-state index contributed by atoms with van der Waals surface area (Å²) in [5, 5.41) is 2.53. The maximum atomic E-state index is 5.59. The van der Waals surface area contributed by atoms with Crippen LogP contribution in [-0.2, 0) is 10.8 Å². The first kappa shape index (κ1) is 34.8. The summed E-state index contributed by atoms with van der Waals surface area (Å²) in [7, 11) is 0. The van der Waals surface area contributed by atoms with Crippen LogP contribution in [-0.4, -0.2) is 14.1 Å². The van der Waals surface area contributed by atoms with E-state index in [2.05, 4.69) is 209 Å². The van der Waals surface area contributed by atoms with Crippen LogP contribution in [0.1, 0.15) is 86.4 Å². The Balaban J connectivity index is 1.25. The summed E-state index contributed by atoms with van der Waals surface area (Å²) in [5.74, 6) is 1.02. The maximum absolute atomic E-state index is 5.59. The number of imidazole rings is 1. The Labute approximate surface area is 341 Å². The van der Waals surface area contributed by atoms with Crippen LogP contribution in [0.15, 0.2) is 140 Å². The van der Waals surface area contributed by atoms with E-state index in [-0.39, 0.29) is 16.7 Å². The van der Waals surface area contributed by atoms with Gasteiger partial charge in [0, 0.05) is 39.2 Å². The Morgan fingerprint density at radius 1 is 0.500 bits per heavy atom. The molecule has 0 saturated carbocycles. The molecule has 4 heterocycles. The van der Waals surface area contributed by atoms with Crippen LogP contribution in [0, 0.1) is 13.8 Å². The quantitative estimate of drug-likeness (QED) is 0.180. The van der Waals surface area contributed by atoms with Crippen LogP contribution in [0.5, 0.6) is 0 Å². The molecule has 0 fully saturated rings. The van der Waals surface area contributed by atoms with E-state index in [0.29, 0.717) is 0 Å². The molecule has 4 nitrogen and oxygen atoms in total. The Bertz CT molecular complexity index is 3090. The molecule has 2 aliphatic heterocycles. The second-order valence-electron chi connectivity index (χ2n) is 18.6. The standard InChI is InChI=1S/C54H48N4/c1-32-15-13-16-33(2)48(32)52-55-42-30-35(54(6,7)8)29-41-49-40-28-27-37(57-43-19-11-9-17-38(43)39-18-10-12-20-44(39)57)31-47(40)56(36-25-23-34(24-26-36)53(3,4)5)45-21-14-22-46(50(45)49)58(52)51(41)42/h9-31,49H,1-8H3. The van der Waals surface area contributed by atoms with Crippen molar-refractivity contribution in [1.29, 1.82) is 0 Å². The number of aromatic nitrogens is 3. The highest BCUT2D eigenvalue weighted by Crippen LogP contribution is 2.58. The number of nitrogens with zero attached hydrogens (tertiary/aromatic N) is 4. The van der Waals surface area contributed by atoms with Gasteiger partial charge in [-0.1, -0.05) is 126 Å². The molecule has 0 spiro atoms. The van der Waals surface area contributed by atoms with Crippen molar-refractivity contribution in [3.8, 4) is 22.8 Å². The van der Waals surface area contributed by atoms with Gasteiger partial charge in [0.05, 0.1) is 39.1 Å². The zero-order valence-electron chi connectivity index (χ0n) is 34.6. The minimum Gasteiger partial charge on any atom is -0.310 e. The molecule has 2 aliphatic rings. The van der Waals surface area contributed by atoms with Crippen molar-refractivity contribution in [2.45, 2.75) is 72.1 Å². The average Bonchev–Trinajstić information content (AvgIpc) is 3.75. The molecule has 284 valence electrons. The lowest BCUT2D eigenvalue weighted by atomic mass is 9.75. The van der Waals surface area contributed by atoms with E-state index in [4.69, 9.17) is 4.98 Å². The molecule has 1 atom stereocenters. The first-order valence-electron chi connectivity index (χ1n) is 20.7. The lowest BCUT2D eigenvalue weighted by molar-refractivity contribution is 0.589. The topological polar surface area (TPSA) is 26.0 Å². The number of aryl methyl sites for hydroxylation is 2. The van der Waals surface area contributed by atoms with Crippen LogP contribution in [0.4, 0.5) is 17.1 Å². The van der Waals surface area contributed by atoms with Crippen molar-refractivity contribution < 1.29 is 0 Å². The molecule has 4 heteroatoms. The highest BCUT2D eigenvalue weighted by Gasteiger charge is 2.41. The molecule has 58 heavy (non-hydrogen) atoms. The van der Waals surface area contributed by atoms with Gasteiger partial charge in [-0.2, -0.15) is 0 Å². The first-order chi connectivity index (χ1) is 27.9. The average molecular weight is 753 g/mol. The Kier molecular flexibility index (Phi) is 7.24. The third kappa shape index (κ3) is 4.90. The number of fused-ring (bicyclic) bond motifs is 7. The van der Waals surface area contributed by atoms with Gasteiger partial charge in [-0.3, -0.25) is 4.57 Å². The molecule has 0 N–H and O–H groups in total. The van der Waals surface area contributed by atoms with Gasteiger partial charge in [0.25, 0.3) is 0 Å². The number of anilines is 3. The maximum Gasteiger partial charge on any atom is 0.146 e. The molecule has 1 unspecified atom stereocenters. The summed E-state index contributed by atoms with van der Waals surface area (Å²) >= 11 is 0. The summed E-state index contributed by atoms with van der Waals surface area (Å²) in [6, 6.07) is 52.5. The summed E-state index contributed by atoms with van der Waals surface area (Å²) in [4.78, 5) is 8.11. The normalized spacial score (nSPS) is 14.7. The fraction of sp³-hybridized carbons (Fsp3) is 0.204. The molecule has 2 aromatic heterocycles. The van der Waals surface area contributed by atoms with E-state index in [1.807, 2.05) is 0 Å². The molecule has 7 aromatic carbocycles. The van der Waals surface area contributed by atoms with Gasteiger partial charge in [0.2, 0.25) is 0 Å². The lowest BCUT2D eigenvalue weighted by Crippen LogP contribution is -2.27. The van der Waals surface area contributed by atoms with Crippen molar-refractivity contribution in [2.75, 3.05) is 4.90 Å². The van der Waals surface area contributed by atoms with Crippen LogP contribution in [0.3, 0.4) is 0 Å². The van der Waals surface area contributed by atoms with E-state index in [9.17, 15) is 0 Å². The highest BCUT2D eigenvalue weighted by molar-refractivity contribution is 6.09. The second kappa shape index (κ2) is 12.1. The fourth-order valence-electron chi connectivity index (χ4n) is 10.00. The Hall–Kier alpha value is -6.39. The summed E-state index contributed by atoms with van der Waals surface area (Å²) in [6.45, 7) is 18.3. The molecule has 0 aliphatic carbocycles. The smallest absolute Gasteiger partial charge is 0.146 e. The summed E-state index contributed by atoms with van der Waals surface area (Å²) in [5.41, 5.74) is 20.8. The minimum atomic E-state index is -0.0638. The second-order valence-corrected chi connectivity index (χ2v) is 18.6. The van der Waals surface area contributed by atoms with Crippen molar-refractivity contribution in [2.24, 2.45) is 0 Å². The Morgan fingerprint density at radius 2 is 1.10 bits per heavy atom. The first-order valence-corrected chi connectivity index (χ1v) is 20.7. The SMILES string of the molecule is Cc1cccc(C)c1-c1nc2cc(C(C)(C)C)cc3c2n1-c1cccc2c1C3c1ccc(-n3c4ccccc4c4ccccc43)cc1N2c1ccc(C(C)(C)C)cc1. The minimum absolute atomic E-state index is 0.0123. The van der Waals surface area contributed by atoms with Gasteiger partial charge in [-0.05, 0) is 113 Å². The molecule has 11 rings (SSSR count). The predicted molar refractivity (Wildman–Crippen MR) is 243 cm³/mol. The van der Waals surface area contributed by atoms with Gasteiger partial charge in [0.15, 0.2) is 0 Å². The third-order valence-corrected chi connectivity index (χ3v) is 12.9. The monoisotopic (exact) mass is 752 g/mol. The molecule has 9 aromatic rings. The zero-order valence-corrected chi connectivity index (χ0v) is 34.6. The largest absolute Gasteiger partial charge is 0.310 e. The number of hydrogen-bond acceptors (Lipinski definition) is 2. The zero-order chi connectivity index (χ0) is 39.8. The fourth-order valence-corrected chi connectivity index (χ4v) is 10.00. The molecule has 0 amide bonds. The highest BCUT2D eigenvalue weighted by atomic mass is 15.2. The molecule has 0 saturated heterocycles. The summed E-state index contributed by atoms with van der Waals surface area (Å²) in [6.07, 6.45) is 0. The van der Waals surface area contributed by atoms with Crippen molar-refractivity contribution in [3.63, 3.8) is 0 Å². The van der Waals surface area contributed by atoms with Gasteiger partial charge in [0.1, 0.15) is 5.82 Å². The molecule has 0 bridgehead atoms. The van der Waals surface area contributed by atoms with Gasteiger partial charge >= 0.3 is 0 Å². The van der Waals surface area contributed by atoms with E-state index in [1.165, 1.54) is 88.9 Å². The predicted octanol–water partition coefficient (Wildman–Crippen LogP) is 14.3. The number of hydrogen-bond donors (Lipinski definition) is 0. The van der Waals surface area contributed by atoms with Crippen molar-refractivity contribution >= 4 is 49.9 Å². The van der Waals surface area contributed by atoms with E-state index < -0.39 is 0 Å².